The molecule has 1 aromatic carbocycles. The van der Waals surface area contributed by atoms with Crippen molar-refractivity contribution < 1.29 is 18.7 Å². The molecule has 0 saturated carbocycles. The standard InChI is InChI=1S/C12H12Cl4FNO3S/c1-6(2)21-11(19)18(22-12(15,16)17)7-4-8(13)10(20-3)9(14)5-7/h4-6H,1-3H3. The predicted molar refractivity (Wildman–Crippen MR) is 90.2 cm³/mol. The average Bonchev–Trinajstić information content (AvgIpc) is 2.33. The fourth-order valence-corrected chi connectivity index (χ4v) is 2.99. The quantitative estimate of drug-likeness (QED) is 0.436. The first kappa shape index (κ1) is 19.8. The van der Waals surface area contributed by atoms with E-state index in [9.17, 15) is 9.18 Å². The van der Waals surface area contributed by atoms with E-state index in [1.54, 1.807) is 13.8 Å². The monoisotopic (exact) mass is 409 g/mol. The smallest absolute Gasteiger partial charge is 0.425 e. The van der Waals surface area contributed by atoms with Crippen LogP contribution in [0.2, 0.25) is 10.0 Å². The summed E-state index contributed by atoms with van der Waals surface area (Å²) in [5, 5.41) is 0.253. The molecule has 0 radical (unpaired) electrons. The maximum Gasteiger partial charge on any atom is 0.425 e. The van der Waals surface area contributed by atoms with Gasteiger partial charge in [-0.15, -0.1) is 0 Å². The number of rotatable bonds is 5. The third-order valence-corrected chi connectivity index (χ3v) is 3.84. The Morgan fingerprint density at radius 1 is 1.32 bits per heavy atom. The lowest BCUT2D eigenvalue weighted by Gasteiger charge is -2.25. The highest BCUT2D eigenvalue weighted by Gasteiger charge is 2.33. The molecular weight excluding hydrogens is 399 g/mol. The van der Waals surface area contributed by atoms with Gasteiger partial charge in [0.25, 0.3) is 0 Å². The number of methoxy groups -OCH3 is 1. The number of hydrogen-bond donors (Lipinski definition) is 0. The van der Waals surface area contributed by atoms with Crippen molar-refractivity contribution >= 4 is 70.1 Å². The molecule has 1 aromatic rings. The molecule has 10 heteroatoms. The van der Waals surface area contributed by atoms with Gasteiger partial charge in [0.05, 0.1) is 28.9 Å². The molecule has 0 fully saturated rings. The van der Waals surface area contributed by atoms with Crippen LogP contribution in [-0.4, -0.2) is 23.2 Å². The highest BCUT2D eigenvalue weighted by atomic mass is 35.5. The molecule has 0 saturated heterocycles. The van der Waals surface area contributed by atoms with Crippen LogP contribution in [0.1, 0.15) is 13.8 Å². The van der Waals surface area contributed by atoms with Crippen molar-refractivity contribution in [2.24, 2.45) is 0 Å². The predicted octanol–water partition coefficient (Wildman–Crippen LogP) is 6.06. The SMILES string of the molecule is COc1c(Cl)cc(N(SC(F)(Cl)Cl)C(=O)OC(C)C)cc1Cl. The fourth-order valence-electron chi connectivity index (χ4n) is 1.41. The van der Waals surface area contributed by atoms with Crippen molar-refractivity contribution in [2.45, 2.75) is 23.9 Å². The van der Waals surface area contributed by atoms with Crippen LogP contribution in [0.4, 0.5) is 14.9 Å². The Hall–Kier alpha value is -0.270. The molecule has 1 amide bonds. The highest BCUT2D eigenvalue weighted by Crippen LogP contribution is 2.44. The maximum atomic E-state index is 13.5. The Balaban J connectivity index is 3.24. The molecule has 1 rings (SSSR count). The number of halogens is 5. The van der Waals surface area contributed by atoms with E-state index in [0.717, 1.165) is 4.31 Å². The Labute approximate surface area is 151 Å². The zero-order valence-corrected chi connectivity index (χ0v) is 15.5. The summed E-state index contributed by atoms with van der Waals surface area (Å²) < 4.78 is 21.6. The van der Waals surface area contributed by atoms with E-state index in [4.69, 9.17) is 55.9 Å². The van der Waals surface area contributed by atoms with E-state index in [0.29, 0.717) is 0 Å². The normalized spacial score (nSPS) is 11.5. The van der Waals surface area contributed by atoms with Crippen molar-refractivity contribution in [3.05, 3.63) is 22.2 Å². The van der Waals surface area contributed by atoms with Crippen LogP contribution in [-0.2, 0) is 4.74 Å². The molecule has 0 unspecified atom stereocenters. The number of hydrogen-bond acceptors (Lipinski definition) is 4. The summed E-state index contributed by atoms with van der Waals surface area (Å²) in [4.78, 5) is 12.1. The second-order valence-corrected chi connectivity index (χ2v) is 7.81. The molecule has 0 aliphatic carbocycles. The molecular formula is C12H12Cl4FNO3S. The van der Waals surface area contributed by atoms with Gasteiger partial charge in [0, 0.05) is 11.9 Å². The van der Waals surface area contributed by atoms with Crippen molar-refractivity contribution in [2.75, 3.05) is 11.4 Å². The van der Waals surface area contributed by atoms with Crippen molar-refractivity contribution in [1.29, 1.82) is 0 Å². The van der Waals surface area contributed by atoms with E-state index in [1.807, 2.05) is 0 Å². The number of amides is 1. The maximum absolute atomic E-state index is 13.5. The van der Waals surface area contributed by atoms with E-state index in [-0.39, 0.29) is 33.4 Å². The zero-order chi connectivity index (χ0) is 17.1. The number of alkyl halides is 3. The van der Waals surface area contributed by atoms with E-state index in [1.165, 1.54) is 19.2 Å². The minimum Gasteiger partial charge on any atom is -0.494 e. The fraction of sp³-hybridized carbons (Fsp3) is 0.417. The van der Waals surface area contributed by atoms with E-state index >= 15 is 0 Å². The first-order valence-corrected chi connectivity index (χ1v) is 8.13. The molecule has 22 heavy (non-hydrogen) atoms. The van der Waals surface area contributed by atoms with Crippen LogP contribution >= 0.6 is 58.4 Å². The summed E-state index contributed by atoms with van der Waals surface area (Å²) in [5.74, 6) is 0.220. The number of carbonyl (C=O) groups is 1. The lowest BCUT2D eigenvalue weighted by atomic mass is 10.3. The van der Waals surface area contributed by atoms with E-state index < -0.39 is 16.1 Å². The number of benzene rings is 1. The molecule has 0 aliphatic heterocycles. The summed E-state index contributed by atoms with van der Waals surface area (Å²) in [5.41, 5.74) is 0.134. The topological polar surface area (TPSA) is 38.8 Å². The van der Waals surface area contributed by atoms with Gasteiger partial charge in [-0.3, -0.25) is 0 Å². The van der Waals surface area contributed by atoms with Gasteiger partial charge in [0.1, 0.15) is 0 Å². The first-order valence-electron chi connectivity index (χ1n) is 5.84. The molecule has 0 N–H and O–H groups in total. The van der Waals surface area contributed by atoms with Gasteiger partial charge in [0.15, 0.2) is 5.75 Å². The third kappa shape index (κ3) is 5.74. The summed E-state index contributed by atoms with van der Waals surface area (Å²) >= 11 is 22.8. The lowest BCUT2D eigenvalue weighted by Crippen LogP contribution is -2.30. The van der Waals surface area contributed by atoms with Crippen molar-refractivity contribution in [3.63, 3.8) is 0 Å². The minimum atomic E-state index is -2.76. The van der Waals surface area contributed by atoms with Crippen LogP contribution in [0.15, 0.2) is 12.1 Å². The number of ether oxygens (including phenoxy) is 2. The number of anilines is 1. The van der Waals surface area contributed by atoms with Crippen LogP contribution in [0.5, 0.6) is 5.75 Å². The summed E-state index contributed by atoms with van der Waals surface area (Å²) in [6.07, 6.45) is -1.31. The summed E-state index contributed by atoms with van der Waals surface area (Å²) in [6, 6.07) is 2.70. The highest BCUT2D eigenvalue weighted by molar-refractivity contribution is 8.04. The van der Waals surface area contributed by atoms with Gasteiger partial charge in [-0.05, 0) is 26.0 Å². The van der Waals surface area contributed by atoms with Crippen molar-refractivity contribution in [1.82, 2.24) is 0 Å². The van der Waals surface area contributed by atoms with Gasteiger partial charge in [-0.25, -0.2) is 9.10 Å². The molecule has 0 aromatic heterocycles. The van der Waals surface area contributed by atoms with Crippen LogP contribution in [0.3, 0.4) is 0 Å². The molecule has 0 aliphatic rings. The zero-order valence-electron chi connectivity index (χ0n) is 11.7. The Bertz CT molecular complexity index is 531. The largest absolute Gasteiger partial charge is 0.494 e. The van der Waals surface area contributed by atoms with Gasteiger partial charge in [0.2, 0.25) is 0 Å². The van der Waals surface area contributed by atoms with E-state index in [2.05, 4.69) is 0 Å². The number of nitrogens with zero attached hydrogens (tertiary/aromatic N) is 1. The Kier molecular flexibility index (Phi) is 7.20. The van der Waals surface area contributed by atoms with Gasteiger partial charge < -0.3 is 9.47 Å². The first-order chi connectivity index (χ1) is 10.0. The van der Waals surface area contributed by atoms with Gasteiger partial charge in [-0.2, -0.15) is 4.39 Å². The molecule has 124 valence electrons. The third-order valence-electron chi connectivity index (χ3n) is 2.12. The van der Waals surface area contributed by atoms with Crippen LogP contribution < -0.4 is 9.04 Å². The molecule has 4 nitrogen and oxygen atoms in total. The minimum absolute atomic E-state index is 0.126. The van der Waals surface area contributed by atoms with Gasteiger partial charge >= 0.3 is 10.0 Å². The molecule has 0 bridgehead atoms. The Morgan fingerprint density at radius 2 is 1.82 bits per heavy atom. The molecule has 0 atom stereocenters. The number of carbonyl (C=O) groups excluding carboxylic acids is 1. The summed E-state index contributed by atoms with van der Waals surface area (Å²) in [7, 11) is 1.39. The lowest BCUT2D eigenvalue weighted by molar-refractivity contribution is 0.126. The van der Waals surface area contributed by atoms with Crippen molar-refractivity contribution in [3.8, 4) is 5.75 Å². The van der Waals surface area contributed by atoms with Gasteiger partial charge in [-0.1, -0.05) is 46.4 Å². The molecule has 0 spiro atoms. The second-order valence-electron chi connectivity index (χ2n) is 4.21. The summed E-state index contributed by atoms with van der Waals surface area (Å²) in [6.45, 7) is 3.28. The second kappa shape index (κ2) is 8.02. The average molecular weight is 411 g/mol. The van der Waals surface area contributed by atoms with Crippen LogP contribution in [0.25, 0.3) is 0 Å². The Morgan fingerprint density at radius 3 is 2.18 bits per heavy atom. The van der Waals surface area contributed by atoms with Crippen LogP contribution in [0, 0.1) is 0 Å². The molecule has 0 heterocycles.